The highest BCUT2D eigenvalue weighted by Crippen LogP contribution is 2.14. The molecule has 1 unspecified atom stereocenters. The van der Waals surface area contributed by atoms with E-state index < -0.39 is 0 Å². The molecular weight excluding hydrogens is 310 g/mol. The number of aryl methyl sites for hydroxylation is 2. The summed E-state index contributed by atoms with van der Waals surface area (Å²) in [6.07, 6.45) is 6.61. The van der Waals surface area contributed by atoms with Gasteiger partial charge in [-0.3, -0.25) is 14.8 Å². The van der Waals surface area contributed by atoms with Gasteiger partial charge in [0.15, 0.2) is 5.82 Å². The average Bonchev–Trinajstić information content (AvgIpc) is 2.95. The van der Waals surface area contributed by atoms with Crippen LogP contribution in [-0.2, 0) is 14.1 Å². The molecule has 2 N–H and O–H groups in total. The van der Waals surface area contributed by atoms with Crippen molar-refractivity contribution in [1.29, 1.82) is 0 Å². The number of carbonyl (C=O) groups excluding carboxylic acids is 1. The third-order valence-corrected chi connectivity index (χ3v) is 4.12. The Labute approximate surface area is 139 Å². The van der Waals surface area contributed by atoms with Crippen LogP contribution in [-0.4, -0.2) is 44.5 Å². The number of nitrogens with zero attached hydrogens (tertiary/aromatic N) is 5. The van der Waals surface area contributed by atoms with Crippen LogP contribution in [0, 0.1) is 0 Å². The molecule has 0 bridgehead atoms. The molecule has 1 saturated heterocycles. The Kier molecular flexibility index (Phi) is 4.50. The van der Waals surface area contributed by atoms with Crippen molar-refractivity contribution >= 4 is 17.7 Å². The first-order valence-electron chi connectivity index (χ1n) is 7.86. The lowest BCUT2D eigenvalue weighted by Gasteiger charge is -2.33. The number of rotatable bonds is 3. The average molecular weight is 331 g/mol. The molecule has 1 aliphatic rings. The molecule has 1 atom stereocenters. The fourth-order valence-electron chi connectivity index (χ4n) is 2.82. The molecule has 0 aliphatic carbocycles. The standard InChI is InChI=1S/C15H21N7O2/c1-20-9-7-16-13(14(20)23)22-8-3-4-11(10-22)18-15(24)19-12-5-6-17-21(12)2/h5-7,9,11H,3-4,8,10H2,1-2H3,(H2,18,19,24). The highest BCUT2D eigenvalue weighted by molar-refractivity contribution is 5.88. The van der Waals surface area contributed by atoms with Crippen LogP contribution in [0.5, 0.6) is 0 Å². The summed E-state index contributed by atoms with van der Waals surface area (Å²) >= 11 is 0. The van der Waals surface area contributed by atoms with E-state index in [0.717, 1.165) is 19.4 Å². The fourth-order valence-corrected chi connectivity index (χ4v) is 2.82. The van der Waals surface area contributed by atoms with E-state index in [1.165, 1.54) is 4.57 Å². The second-order valence-electron chi connectivity index (χ2n) is 5.89. The highest BCUT2D eigenvalue weighted by Gasteiger charge is 2.24. The zero-order valence-electron chi connectivity index (χ0n) is 13.8. The van der Waals surface area contributed by atoms with Gasteiger partial charge in [0.1, 0.15) is 5.82 Å². The molecule has 0 radical (unpaired) electrons. The van der Waals surface area contributed by atoms with Crippen LogP contribution in [0.15, 0.2) is 29.5 Å². The van der Waals surface area contributed by atoms with Crippen molar-refractivity contribution in [3.05, 3.63) is 35.0 Å². The van der Waals surface area contributed by atoms with Crippen molar-refractivity contribution in [3.63, 3.8) is 0 Å². The summed E-state index contributed by atoms with van der Waals surface area (Å²) in [7, 11) is 3.46. The SMILES string of the molecule is Cn1nccc1NC(=O)NC1CCCN(c2nccn(C)c2=O)C1. The topological polar surface area (TPSA) is 97.1 Å². The zero-order valence-corrected chi connectivity index (χ0v) is 13.8. The predicted octanol–water partition coefficient (Wildman–Crippen LogP) is 0.304. The van der Waals surface area contributed by atoms with Crippen molar-refractivity contribution in [2.75, 3.05) is 23.3 Å². The fraction of sp³-hybridized carbons (Fsp3) is 0.467. The molecule has 9 heteroatoms. The molecule has 24 heavy (non-hydrogen) atoms. The Bertz CT molecular complexity index is 782. The third-order valence-electron chi connectivity index (χ3n) is 4.12. The van der Waals surface area contributed by atoms with Crippen LogP contribution in [0.1, 0.15) is 12.8 Å². The first-order chi connectivity index (χ1) is 11.5. The van der Waals surface area contributed by atoms with Crippen molar-refractivity contribution in [2.45, 2.75) is 18.9 Å². The van der Waals surface area contributed by atoms with E-state index in [2.05, 4.69) is 20.7 Å². The predicted molar refractivity (Wildman–Crippen MR) is 90.1 cm³/mol. The molecule has 0 aromatic carbocycles. The Morgan fingerprint density at radius 3 is 2.92 bits per heavy atom. The van der Waals surface area contributed by atoms with Gasteiger partial charge in [0, 0.05) is 51.7 Å². The molecule has 0 saturated carbocycles. The molecule has 9 nitrogen and oxygen atoms in total. The molecule has 3 heterocycles. The van der Waals surface area contributed by atoms with Crippen LogP contribution >= 0.6 is 0 Å². The highest BCUT2D eigenvalue weighted by atomic mass is 16.2. The van der Waals surface area contributed by atoms with Crippen LogP contribution in [0.3, 0.4) is 0 Å². The maximum Gasteiger partial charge on any atom is 0.320 e. The molecule has 2 aromatic heterocycles. The van der Waals surface area contributed by atoms with Gasteiger partial charge in [-0.2, -0.15) is 5.10 Å². The van der Waals surface area contributed by atoms with Crippen molar-refractivity contribution in [2.24, 2.45) is 14.1 Å². The minimum atomic E-state index is -0.278. The maximum atomic E-state index is 12.2. The summed E-state index contributed by atoms with van der Waals surface area (Å²) in [5.74, 6) is 1.05. The number of anilines is 2. The van der Waals surface area contributed by atoms with E-state index in [0.29, 0.717) is 18.2 Å². The summed E-state index contributed by atoms with van der Waals surface area (Å²) < 4.78 is 3.10. The van der Waals surface area contributed by atoms with Gasteiger partial charge in [-0.25, -0.2) is 9.78 Å². The van der Waals surface area contributed by atoms with E-state index in [-0.39, 0.29) is 17.6 Å². The van der Waals surface area contributed by atoms with E-state index in [1.807, 2.05) is 4.90 Å². The van der Waals surface area contributed by atoms with E-state index in [9.17, 15) is 9.59 Å². The molecular formula is C15H21N7O2. The first kappa shape index (κ1) is 16.0. The van der Waals surface area contributed by atoms with Gasteiger partial charge in [-0.1, -0.05) is 0 Å². The van der Waals surface area contributed by atoms with Crippen LogP contribution in [0.2, 0.25) is 0 Å². The normalized spacial score (nSPS) is 17.6. The quantitative estimate of drug-likeness (QED) is 0.843. The number of hydrogen-bond acceptors (Lipinski definition) is 5. The lowest BCUT2D eigenvalue weighted by Crippen LogP contribution is -2.50. The number of carbonyl (C=O) groups is 1. The van der Waals surface area contributed by atoms with Gasteiger partial charge < -0.3 is 14.8 Å². The van der Waals surface area contributed by atoms with E-state index in [4.69, 9.17) is 0 Å². The van der Waals surface area contributed by atoms with Crippen LogP contribution < -0.4 is 21.1 Å². The van der Waals surface area contributed by atoms with Gasteiger partial charge in [-0.15, -0.1) is 0 Å². The van der Waals surface area contributed by atoms with E-state index >= 15 is 0 Å². The molecule has 3 rings (SSSR count). The van der Waals surface area contributed by atoms with Crippen molar-refractivity contribution in [1.82, 2.24) is 24.6 Å². The van der Waals surface area contributed by atoms with Crippen molar-refractivity contribution < 1.29 is 4.79 Å². The van der Waals surface area contributed by atoms with Gasteiger partial charge in [0.2, 0.25) is 0 Å². The monoisotopic (exact) mass is 331 g/mol. The first-order valence-corrected chi connectivity index (χ1v) is 7.86. The van der Waals surface area contributed by atoms with Crippen molar-refractivity contribution in [3.8, 4) is 0 Å². The summed E-state index contributed by atoms with van der Waals surface area (Å²) in [5.41, 5.74) is -0.127. The number of amides is 2. The smallest absolute Gasteiger partial charge is 0.320 e. The van der Waals surface area contributed by atoms with E-state index in [1.54, 1.807) is 43.4 Å². The second-order valence-corrected chi connectivity index (χ2v) is 5.89. The summed E-state index contributed by atoms with van der Waals surface area (Å²) in [6.45, 7) is 1.32. The summed E-state index contributed by atoms with van der Waals surface area (Å²) in [6, 6.07) is 1.41. The lowest BCUT2D eigenvalue weighted by atomic mass is 10.1. The summed E-state index contributed by atoms with van der Waals surface area (Å²) in [4.78, 5) is 30.5. The zero-order chi connectivity index (χ0) is 17.1. The molecule has 1 aliphatic heterocycles. The summed E-state index contributed by atoms with van der Waals surface area (Å²) in [5, 5.41) is 9.72. The minimum Gasteiger partial charge on any atom is -0.350 e. The third kappa shape index (κ3) is 3.39. The number of nitrogens with one attached hydrogen (secondary N) is 2. The lowest BCUT2D eigenvalue weighted by molar-refractivity contribution is 0.246. The Hall–Kier alpha value is -2.84. The molecule has 2 aromatic rings. The minimum absolute atomic E-state index is 0.0429. The van der Waals surface area contributed by atoms with Gasteiger partial charge in [0.05, 0.1) is 6.20 Å². The maximum absolute atomic E-state index is 12.2. The second kappa shape index (κ2) is 6.73. The number of aromatic nitrogens is 4. The molecule has 128 valence electrons. The Morgan fingerprint density at radius 1 is 1.33 bits per heavy atom. The molecule has 2 amide bonds. The van der Waals surface area contributed by atoms with Crippen LogP contribution in [0.25, 0.3) is 0 Å². The van der Waals surface area contributed by atoms with Crippen LogP contribution in [0.4, 0.5) is 16.4 Å². The molecule has 1 fully saturated rings. The molecule has 0 spiro atoms. The largest absolute Gasteiger partial charge is 0.350 e. The Morgan fingerprint density at radius 2 is 2.17 bits per heavy atom. The number of hydrogen-bond donors (Lipinski definition) is 2. The Balaban J connectivity index is 1.63. The van der Waals surface area contributed by atoms with Gasteiger partial charge in [0.25, 0.3) is 5.56 Å². The van der Waals surface area contributed by atoms with Gasteiger partial charge in [-0.05, 0) is 12.8 Å². The number of urea groups is 1. The van der Waals surface area contributed by atoms with Gasteiger partial charge >= 0.3 is 6.03 Å². The number of piperidine rings is 1.